The number of hydrogen-bond donors (Lipinski definition) is 0. The molecule has 0 aliphatic carbocycles. The van der Waals surface area contributed by atoms with Crippen molar-refractivity contribution in [2.24, 2.45) is 5.92 Å². The monoisotopic (exact) mass is 407 g/mol. The molecule has 148 valence electrons. The van der Waals surface area contributed by atoms with Gasteiger partial charge < -0.3 is 9.64 Å². The molecule has 1 aliphatic rings. The van der Waals surface area contributed by atoms with Gasteiger partial charge in [-0.1, -0.05) is 17.7 Å². The van der Waals surface area contributed by atoms with Crippen LogP contribution in [0.2, 0.25) is 5.02 Å². The zero-order valence-electron chi connectivity index (χ0n) is 15.6. The third-order valence-corrected chi connectivity index (χ3v) is 5.27. The van der Waals surface area contributed by atoms with Crippen molar-refractivity contribution in [1.82, 2.24) is 0 Å². The van der Waals surface area contributed by atoms with Crippen LogP contribution in [0.5, 0.6) is 0 Å². The number of esters is 1. The van der Waals surface area contributed by atoms with Gasteiger partial charge in [0.15, 0.2) is 0 Å². The Kier molecular flexibility index (Phi) is 5.98. The van der Waals surface area contributed by atoms with Crippen LogP contribution in [-0.2, 0) is 16.0 Å². The van der Waals surface area contributed by atoms with Crippen molar-refractivity contribution in [1.29, 1.82) is 0 Å². The zero-order chi connectivity index (χ0) is 20.4. The molecule has 0 saturated carbocycles. The van der Waals surface area contributed by atoms with Crippen LogP contribution >= 0.6 is 11.6 Å². The fourth-order valence-corrected chi connectivity index (χ4v) is 3.98. The number of anilines is 1. The Labute approximate surface area is 167 Å². The Balaban J connectivity index is 1.85. The van der Waals surface area contributed by atoms with Crippen molar-refractivity contribution in [2.75, 3.05) is 18.6 Å². The number of aryl methyl sites for hydroxylation is 1. The van der Waals surface area contributed by atoms with Crippen molar-refractivity contribution in [3.05, 3.63) is 63.7 Å². The van der Waals surface area contributed by atoms with Gasteiger partial charge in [-0.2, -0.15) is 0 Å². The summed E-state index contributed by atoms with van der Waals surface area (Å²) in [4.78, 5) is 25.9. The zero-order valence-corrected chi connectivity index (χ0v) is 16.4. The smallest absolute Gasteiger partial charge is 0.337 e. The van der Waals surface area contributed by atoms with Crippen LogP contribution in [0, 0.1) is 24.5 Å². The van der Waals surface area contributed by atoms with Gasteiger partial charge in [0.25, 0.3) is 0 Å². The van der Waals surface area contributed by atoms with E-state index in [1.54, 1.807) is 17.9 Å². The van der Waals surface area contributed by atoms with Gasteiger partial charge in [-0.15, -0.1) is 0 Å². The van der Waals surface area contributed by atoms with Gasteiger partial charge in [-0.25, -0.2) is 13.6 Å². The number of amides is 1. The lowest BCUT2D eigenvalue weighted by Crippen LogP contribution is -2.41. The molecular weight excluding hydrogens is 388 g/mol. The van der Waals surface area contributed by atoms with Crippen molar-refractivity contribution in [3.8, 4) is 0 Å². The Hall–Kier alpha value is -2.47. The number of rotatable bonds is 4. The first kappa shape index (κ1) is 20.3. The molecule has 0 radical (unpaired) electrons. The van der Waals surface area contributed by atoms with E-state index >= 15 is 0 Å². The van der Waals surface area contributed by atoms with E-state index in [1.165, 1.54) is 25.3 Å². The average Bonchev–Trinajstić information content (AvgIpc) is 2.65. The predicted octanol–water partition coefficient (Wildman–Crippen LogP) is 4.70. The summed E-state index contributed by atoms with van der Waals surface area (Å²) in [6, 6.07) is 6.65. The second kappa shape index (κ2) is 8.27. The second-order valence-corrected chi connectivity index (χ2v) is 7.37. The summed E-state index contributed by atoms with van der Waals surface area (Å²) in [7, 11) is 1.28. The van der Waals surface area contributed by atoms with Gasteiger partial charge in [0, 0.05) is 19.0 Å². The molecule has 1 aliphatic heterocycles. The number of halogens is 3. The number of methoxy groups -OCH3 is 1. The summed E-state index contributed by atoms with van der Waals surface area (Å²) in [6.07, 6.45) is 1.32. The summed E-state index contributed by atoms with van der Waals surface area (Å²) in [5.41, 5.74) is 1.95. The van der Waals surface area contributed by atoms with E-state index in [0.717, 1.165) is 6.07 Å². The number of ether oxygens (including phenoxy) is 1. The van der Waals surface area contributed by atoms with Gasteiger partial charge >= 0.3 is 5.97 Å². The number of benzene rings is 2. The Morgan fingerprint density at radius 1 is 1.29 bits per heavy atom. The van der Waals surface area contributed by atoms with E-state index in [9.17, 15) is 18.4 Å². The number of carbonyl (C=O) groups is 2. The van der Waals surface area contributed by atoms with Crippen LogP contribution in [0.25, 0.3) is 0 Å². The first-order valence-corrected chi connectivity index (χ1v) is 9.30. The average molecular weight is 408 g/mol. The Morgan fingerprint density at radius 2 is 2.04 bits per heavy atom. The molecule has 0 aromatic heterocycles. The van der Waals surface area contributed by atoms with Gasteiger partial charge in [0.05, 0.1) is 23.4 Å². The molecule has 0 spiro atoms. The maximum atomic E-state index is 14.0. The summed E-state index contributed by atoms with van der Waals surface area (Å²) in [5.74, 6) is -1.78. The van der Waals surface area contributed by atoms with Gasteiger partial charge in [-0.3, -0.25) is 4.79 Å². The molecule has 1 amide bonds. The molecule has 1 heterocycles. The third-order valence-electron chi connectivity index (χ3n) is 4.98. The molecule has 2 aromatic carbocycles. The number of piperidine rings is 1. The summed E-state index contributed by atoms with van der Waals surface area (Å²) < 4.78 is 31.8. The lowest BCUT2D eigenvalue weighted by Gasteiger charge is -2.34. The molecule has 28 heavy (non-hydrogen) atoms. The van der Waals surface area contributed by atoms with E-state index < -0.39 is 17.6 Å². The molecule has 1 atom stereocenters. The van der Waals surface area contributed by atoms with E-state index in [1.807, 2.05) is 0 Å². The van der Waals surface area contributed by atoms with Gasteiger partial charge in [-0.05, 0) is 55.0 Å². The fraction of sp³-hybridized carbons (Fsp3) is 0.333. The van der Waals surface area contributed by atoms with Crippen molar-refractivity contribution in [3.63, 3.8) is 0 Å². The third kappa shape index (κ3) is 4.17. The first-order chi connectivity index (χ1) is 13.3. The van der Waals surface area contributed by atoms with Crippen LogP contribution in [0.4, 0.5) is 14.5 Å². The minimum Gasteiger partial charge on any atom is -0.465 e. The fourth-order valence-electron chi connectivity index (χ4n) is 3.61. The normalized spacial score (nSPS) is 17.0. The summed E-state index contributed by atoms with van der Waals surface area (Å²) >= 11 is 6.38. The number of hydrogen-bond acceptors (Lipinski definition) is 3. The van der Waals surface area contributed by atoms with Crippen molar-refractivity contribution < 1.29 is 23.1 Å². The molecule has 3 rings (SSSR count). The second-order valence-electron chi connectivity index (χ2n) is 6.96. The standard InChI is InChI=1S/C21H20ClF2NO3/c1-12-7-15(21(27)28-2)9-17(22)20(12)25-11-13(3-6-19(25)26)8-14-4-5-16(23)10-18(14)24/h4-5,7,9-10,13H,3,6,8,11H2,1-2H3. The molecule has 4 nitrogen and oxygen atoms in total. The van der Waals surface area contributed by atoms with E-state index in [0.29, 0.717) is 48.2 Å². The highest BCUT2D eigenvalue weighted by atomic mass is 35.5. The maximum absolute atomic E-state index is 14.0. The lowest BCUT2D eigenvalue weighted by molar-refractivity contribution is -0.120. The largest absolute Gasteiger partial charge is 0.465 e. The topological polar surface area (TPSA) is 46.6 Å². The van der Waals surface area contributed by atoms with Crippen LogP contribution in [-0.4, -0.2) is 25.5 Å². The van der Waals surface area contributed by atoms with Gasteiger partial charge in [0.1, 0.15) is 11.6 Å². The molecule has 7 heteroatoms. The number of nitrogens with zero attached hydrogens (tertiary/aromatic N) is 1. The predicted molar refractivity (Wildman–Crippen MR) is 103 cm³/mol. The highest BCUT2D eigenvalue weighted by Crippen LogP contribution is 2.35. The van der Waals surface area contributed by atoms with Crippen molar-refractivity contribution >= 4 is 29.2 Å². The number of carbonyl (C=O) groups excluding carboxylic acids is 2. The minimum absolute atomic E-state index is 0.00779. The molecule has 1 fully saturated rings. The molecular formula is C21H20ClF2NO3. The van der Waals surface area contributed by atoms with Crippen LogP contribution in [0.1, 0.15) is 34.3 Å². The van der Waals surface area contributed by atoms with Crippen molar-refractivity contribution in [2.45, 2.75) is 26.2 Å². The molecule has 0 N–H and O–H groups in total. The van der Waals surface area contributed by atoms with Crippen LogP contribution in [0.3, 0.4) is 0 Å². The van der Waals surface area contributed by atoms with E-state index in [4.69, 9.17) is 16.3 Å². The lowest BCUT2D eigenvalue weighted by atomic mass is 9.90. The Morgan fingerprint density at radius 3 is 2.68 bits per heavy atom. The highest BCUT2D eigenvalue weighted by molar-refractivity contribution is 6.34. The summed E-state index contributed by atoms with van der Waals surface area (Å²) in [5, 5.41) is 0.280. The molecule has 1 unspecified atom stereocenters. The molecule has 1 saturated heterocycles. The quantitative estimate of drug-likeness (QED) is 0.690. The van der Waals surface area contributed by atoms with Gasteiger partial charge in [0.2, 0.25) is 5.91 Å². The first-order valence-electron chi connectivity index (χ1n) is 8.93. The minimum atomic E-state index is -0.616. The van der Waals surface area contributed by atoms with Crippen LogP contribution < -0.4 is 4.90 Å². The summed E-state index contributed by atoms with van der Waals surface area (Å²) in [6.45, 7) is 2.14. The Bertz CT molecular complexity index is 909. The highest BCUT2D eigenvalue weighted by Gasteiger charge is 2.30. The van der Waals surface area contributed by atoms with E-state index in [2.05, 4.69) is 0 Å². The van der Waals surface area contributed by atoms with Crippen LogP contribution in [0.15, 0.2) is 30.3 Å². The SMILES string of the molecule is COC(=O)c1cc(C)c(N2CC(Cc3ccc(F)cc3F)CCC2=O)c(Cl)c1. The van der Waals surface area contributed by atoms with E-state index in [-0.39, 0.29) is 16.8 Å². The molecule has 2 aromatic rings. The molecule has 0 bridgehead atoms. The maximum Gasteiger partial charge on any atom is 0.337 e.